The topological polar surface area (TPSA) is 58.1 Å². The lowest BCUT2D eigenvalue weighted by atomic mass is 10.2. The molecule has 4 nitrogen and oxygen atoms in total. The van der Waals surface area contributed by atoms with E-state index in [4.69, 9.17) is 9.84 Å². The van der Waals surface area contributed by atoms with Gasteiger partial charge in [0.05, 0.1) is 17.6 Å². The Labute approximate surface area is 110 Å². The van der Waals surface area contributed by atoms with E-state index >= 15 is 0 Å². The van der Waals surface area contributed by atoms with Gasteiger partial charge in [-0.05, 0) is 12.1 Å². The number of ether oxygens (including phenoxy) is 1. The summed E-state index contributed by atoms with van der Waals surface area (Å²) in [6, 6.07) is 15.6. The molecule has 0 spiro atoms. The number of hydrogen-bond acceptors (Lipinski definition) is 3. The lowest BCUT2D eigenvalue weighted by Crippen LogP contribution is -2.01. The van der Waals surface area contributed by atoms with Gasteiger partial charge < -0.3 is 14.8 Å². The fourth-order valence-electron chi connectivity index (χ4n) is 1.97. The molecule has 0 radical (unpaired) electrons. The van der Waals surface area contributed by atoms with Crippen molar-refractivity contribution < 1.29 is 9.84 Å². The van der Waals surface area contributed by atoms with Crippen LogP contribution in [0.4, 0.5) is 0 Å². The number of nitrogens with zero attached hydrogens (tertiary/aromatic N) is 1. The van der Waals surface area contributed by atoms with Crippen LogP contribution in [0.25, 0.3) is 22.4 Å². The van der Waals surface area contributed by atoms with E-state index < -0.39 is 0 Å². The third-order valence-electron chi connectivity index (χ3n) is 2.86. The van der Waals surface area contributed by atoms with Gasteiger partial charge in [0.15, 0.2) is 0 Å². The maximum Gasteiger partial charge on any atom is 0.138 e. The highest BCUT2D eigenvalue weighted by Crippen LogP contribution is 2.23. The highest BCUT2D eigenvalue weighted by molar-refractivity contribution is 5.80. The predicted molar refractivity (Wildman–Crippen MR) is 74.1 cm³/mol. The molecule has 96 valence electrons. The van der Waals surface area contributed by atoms with Gasteiger partial charge in [0.1, 0.15) is 18.2 Å². The molecule has 19 heavy (non-hydrogen) atoms. The Morgan fingerprint density at radius 2 is 1.95 bits per heavy atom. The van der Waals surface area contributed by atoms with Crippen LogP contribution < -0.4 is 4.74 Å². The van der Waals surface area contributed by atoms with Crippen LogP contribution in [0, 0.1) is 0 Å². The number of aromatic nitrogens is 2. The van der Waals surface area contributed by atoms with Gasteiger partial charge in [0, 0.05) is 11.6 Å². The molecule has 0 aliphatic carbocycles. The largest absolute Gasteiger partial charge is 0.491 e. The van der Waals surface area contributed by atoms with Crippen molar-refractivity contribution in [2.45, 2.75) is 0 Å². The Balaban J connectivity index is 1.97. The summed E-state index contributed by atoms with van der Waals surface area (Å²) in [6.07, 6.45) is 0. The molecule has 0 fully saturated rings. The van der Waals surface area contributed by atoms with E-state index in [2.05, 4.69) is 9.97 Å². The molecule has 3 rings (SSSR count). The second kappa shape index (κ2) is 5.12. The molecule has 2 aromatic carbocycles. The molecule has 0 aliphatic rings. The molecule has 0 aliphatic heterocycles. The van der Waals surface area contributed by atoms with Gasteiger partial charge in [0.25, 0.3) is 0 Å². The number of benzene rings is 2. The van der Waals surface area contributed by atoms with E-state index in [-0.39, 0.29) is 6.61 Å². The van der Waals surface area contributed by atoms with Crippen LogP contribution in [-0.4, -0.2) is 28.3 Å². The number of H-pyrrole nitrogens is 1. The van der Waals surface area contributed by atoms with Gasteiger partial charge >= 0.3 is 0 Å². The average molecular weight is 254 g/mol. The number of imidazole rings is 1. The molecular weight excluding hydrogens is 240 g/mol. The standard InChI is InChI=1S/C15H14N2O2/c18-8-9-19-12-6-7-13-14(10-12)17-15(16-13)11-4-2-1-3-5-11/h1-7,10,18H,8-9H2,(H,16,17). The van der Waals surface area contributed by atoms with Crippen LogP contribution in [0.1, 0.15) is 0 Å². The van der Waals surface area contributed by atoms with Crippen LogP contribution in [0.5, 0.6) is 5.75 Å². The summed E-state index contributed by atoms with van der Waals surface area (Å²) in [4.78, 5) is 7.82. The van der Waals surface area contributed by atoms with Crippen molar-refractivity contribution in [2.24, 2.45) is 0 Å². The van der Waals surface area contributed by atoms with Gasteiger partial charge in [-0.25, -0.2) is 4.98 Å². The van der Waals surface area contributed by atoms with Crippen molar-refractivity contribution in [3.63, 3.8) is 0 Å². The van der Waals surface area contributed by atoms with Crippen LogP contribution in [0.3, 0.4) is 0 Å². The van der Waals surface area contributed by atoms with Crippen molar-refractivity contribution >= 4 is 11.0 Å². The number of aliphatic hydroxyl groups excluding tert-OH is 1. The molecule has 0 bridgehead atoms. The second-order valence-electron chi connectivity index (χ2n) is 4.20. The molecule has 1 heterocycles. The summed E-state index contributed by atoms with van der Waals surface area (Å²) < 4.78 is 5.38. The summed E-state index contributed by atoms with van der Waals surface area (Å²) in [5, 5.41) is 8.75. The minimum absolute atomic E-state index is 0.0102. The first kappa shape index (κ1) is 11.7. The summed E-state index contributed by atoms with van der Waals surface area (Å²) in [6.45, 7) is 0.307. The summed E-state index contributed by atoms with van der Waals surface area (Å²) in [5.74, 6) is 1.57. The number of hydrogen-bond donors (Lipinski definition) is 2. The lowest BCUT2D eigenvalue weighted by molar-refractivity contribution is 0.201. The zero-order valence-corrected chi connectivity index (χ0v) is 10.3. The number of aromatic amines is 1. The quantitative estimate of drug-likeness (QED) is 0.752. The molecule has 4 heteroatoms. The molecule has 0 atom stereocenters. The van der Waals surface area contributed by atoms with Gasteiger partial charge in [-0.3, -0.25) is 0 Å². The summed E-state index contributed by atoms with van der Waals surface area (Å²) in [7, 11) is 0. The Hall–Kier alpha value is -2.33. The van der Waals surface area contributed by atoms with E-state index in [0.29, 0.717) is 6.61 Å². The van der Waals surface area contributed by atoms with Crippen LogP contribution in [0.15, 0.2) is 48.5 Å². The van der Waals surface area contributed by atoms with E-state index in [1.54, 1.807) is 0 Å². The molecule has 0 amide bonds. The van der Waals surface area contributed by atoms with Crippen LogP contribution >= 0.6 is 0 Å². The Kier molecular flexibility index (Phi) is 3.16. The zero-order chi connectivity index (χ0) is 13.1. The first-order valence-corrected chi connectivity index (χ1v) is 6.15. The third kappa shape index (κ3) is 2.44. The van der Waals surface area contributed by atoms with Gasteiger partial charge in [0.2, 0.25) is 0 Å². The Bertz CT molecular complexity index is 677. The minimum atomic E-state index is 0.0102. The number of nitrogens with one attached hydrogen (secondary N) is 1. The number of fused-ring (bicyclic) bond motifs is 1. The van der Waals surface area contributed by atoms with Crippen LogP contribution in [0.2, 0.25) is 0 Å². The number of rotatable bonds is 4. The maximum absolute atomic E-state index is 8.75. The van der Waals surface area contributed by atoms with Gasteiger partial charge in [-0.1, -0.05) is 30.3 Å². The first-order chi connectivity index (χ1) is 9.36. The average Bonchev–Trinajstić information content (AvgIpc) is 2.89. The maximum atomic E-state index is 8.75. The molecule has 3 aromatic rings. The Morgan fingerprint density at radius 3 is 2.74 bits per heavy atom. The van der Waals surface area contributed by atoms with Crippen molar-refractivity contribution in [1.82, 2.24) is 9.97 Å². The fourth-order valence-corrected chi connectivity index (χ4v) is 1.97. The van der Waals surface area contributed by atoms with Crippen LogP contribution in [-0.2, 0) is 0 Å². The highest BCUT2D eigenvalue weighted by Gasteiger charge is 2.05. The molecule has 0 saturated heterocycles. The second-order valence-corrected chi connectivity index (χ2v) is 4.20. The SMILES string of the molecule is OCCOc1ccc2nc(-c3ccccc3)[nH]c2c1. The zero-order valence-electron chi connectivity index (χ0n) is 10.3. The normalized spacial score (nSPS) is 10.8. The van der Waals surface area contributed by atoms with Crippen molar-refractivity contribution in [3.8, 4) is 17.1 Å². The minimum Gasteiger partial charge on any atom is -0.491 e. The van der Waals surface area contributed by atoms with Crippen molar-refractivity contribution in [3.05, 3.63) is 48.5 Å². The summed E-state index contributed by atoms with van der Waals surface area (Å²) >= 11 is 0. The lowest BCUT2D eigenvalue weighted by Gasteiger charge is -2.02. The molecule has 2 N–H and O–H groups in total. The molecule has 1 aromatic heterocycles. The van der Waals surface area contributed by atoms with Gasteiger partial charge in [-0.15, -0.1) is 0 Å². The fraction of sp³-hybridized carbons (Fsp3) is 0.133. The van der Waals surface area contributed by atoms with Gasteiger partial charge in [-0.2, -0.15) is 0 Å². The molecule has 0 saturated carbocycles. The van der Waals surface area contributed by atoms with E-state index in [1.807, 2.05) is 48.5 Å². The van der Waals surface area contributed by atoms with Crippen molar-refractivity contribution in [2.75, 3.05) is 13.2 Å². The number of aliphatic hydroxyl groups is 1. The Morgan fingerprint density at radius 1 is 1.11 bits per heavy atom. The first-order valence-electron chi connectivity index (χ1n) is 6.15. The molecular formula is C15H14N2O2. The van der Waals surface area contributed by atoms with E-state index in [0.717, 1.165) is 28.2 Å². The van der Waals surface area contributed by atoms with Crippen molar-refractivity contribution in [1.29, 1.82) is 0 Å². The smallest absolute Gasteiger partial charge is 0.138 e. The van der Waals surface area contributed by atoms with E-state index in [9.17, 15) is 0 Å². The predicted octanol–water partition coefficient (Wildman–Crippen LogP) is 2.60. The van der Waals surface area contributed by atoms with E-state index in [1.165, 1.54) is 0 Å². The molecule has 0 unspecified atom stereocenters. The highest BCUT2D eigenvalue weighted by atomic mass is 16.5. The monoisotopic (exact) mass is 254 g/mol. The summed E-state index contributed by atoms with van der Waals surface area (Å²) in [5.41, 5.74) is 2.88. The third-order valence-corrected chi connectivity index (χ3v) is 2.86.